The molecule has 0 radical (unpaired) electrons. The molecule has 0 N–H and O–H groups in total. The average molecular weight is 264 g/mol. The Bertz CT molecular complexity index is 136. The van der Waals surface area contributed by atoms with Crippen molar-refractivity contribution >= 4 is 10.0 Å². The van der Waals surface area contributed by atoms with Crippen molar-refractivity contribution in [3.8, 4) is 0 Å². The van der Waals surface area contributed by atoms with Crippen LogP contribution in [0.1, 0.15) is 52.9 Å². The first-order valence-corrected chi connectivity index (χ1v) is 7.93. The molecule has 0 aromatic carbocycles. The molecule has 0 aromatic heterocycles. The summed E-state index contributed by atoms with van der Waals surface area (Å²) in [7, 11) is -0.966. The van der Waals surface area contributed by atoms with Gasteiger partial charge in [-0.05, 0) is 19.3 Å². The smallest absolute Gasteiger partial charge is 0.309 e. The second-order valence-corrected chi connectivity index (χ2v) is 4.91. The van der Waals surface area contributed by atoms with Gasteiger partial charge in [0.1, 0.15) is 0 Å². The van der Waals surface area contributed by atoms with Crippen molar-refractivity contribution in [2.45, 2.75) is 59.4 Å². The number of rotatable bonds is 13. The van der Waals surface area contributed by atoms with E-state index in [1.807, 2.05) is 0 Å². The lowest BCUT2D eigenvalue weighted by Gasteiger charge is -2.18. The van der Waals surface area contributed by atoms with Gasteiger partial charge in [0, 0.05) is 6.61 Å². The highest BCUT2D eigenvalue weighted by Gasteiger charge is 2.09. The fraction of sp³-hybridized carbons (Fsp3) is 1.00. The van der Waals surface area contributed by atoms with Crippen LogP contribution in [0.25, 0.3) is 0 Å². The monoisotopic (exact) mass is 264 g/mol. The van der Waals surface area contributed by atoms with Gasteiger partial charge in [-0.25, -0.2) is 0 Å². The fourth-order valence-electron chi connectivity index (χ4n) is 1.10. The summed E-state index contributed by atoms with van der Waals surface area (Å²) in [4.78, 5) is 0. The Labute approximate surface area is 108 Å². The first-order chi connectivity index (χ1) is 8.35. The van der Waals surface area contributed by atoms with Crippen LogP contribution in [-0.4, -0.2) is 36.3 Å². The molecule has 0 aromatic rings. The summed E-state index contributed by atoms with van der Waals surface area (Å²) in [5.41, 5.74) is 0. The maximum atomic E-state index is 5.52. The van der Waals surface area contributed by atoms with Crippen molar-refractivity contribution < 1.29 is 18.3 Å². The predicted molar refractivity (Wildman–Crippen MR) is 71.4 cm³/mol. The van der Waals surface area contributed by atoms with E-state index in [1.54, 1.807) is 0 Å². The van der Waals surface area contributed by atoms with Gasteiger partial charge in [-0.2, -0.15) is 0 Å². The van der Waals surface area contributed by atoms with Gasteiger partial charge in [0.05, 0.1) is 13.2 Å². The van der Waals surface area contributed by atoms with E-state index < -0.39 is 16.5 Å². The van der Waals surface area contributed by atoms with Crippen molar-refractivity contribution in [1.82, 2.24) is 0 Å². The van der Waals surface area contributed by atoms with Gasteiger partial charge in [-0.15, -0.1) is 0 Å². The summed E-state index contributed by atoms with van der Waals surface area (Å²) < 4.78 is 21.9. The quantitative estimate of drug-likeness (QED) is 0.291. The van der Waals surface area contributed by atoms with Crippen molar-refractivity contribution in [2.75, 3.05) is 19.8 Å². The summed E-state index contributed by atoms with van der Waals surface area (Å²) in [6, 6.07) is 0. The Morgan fingerprint density at radius 2 is 1.41 bits per heavy atom. The third-order valence-electron chi connectivity index (χ3n) is 2.14. The van der Waals surface area contributed by atoms with Crippen LogP contribution >= 0.6 is 0 Å². The van der Waals surface area contributed by atoms with Crippen molar-refractivity contribution in [2.24, 2.45) is 0 Å². The lowest BCUT2D eigenvalue weighted by Crippen LogP contribution is -2.25. The van der Waals surface area contributed by atoms with Gasteiger partial charge in [0.15, 0.2) is 0 Å². The Balaban J connectivity index is 3.60. The molecule has 0 aliphatic heterocycles. The highest BCUT2D eigenvalue weighted by atomic mass is 28.3. The Hall–Kier alpha value is 0.0569. The predicted octanol–water partition coefficient (Wildman–Crippen LogP) is 2.35. The van der Waals surface area contributed by atoms with Crippen LogP contribution in [0.5, 0.6) is 0 Å². The SMILES string of the molecule is CCCCOC(OCCCC)O[SiH2]OCCC. The van der Waals surface area contributed by atoms with Crippen LogP contribution in [0.15, 0.2) is 0 Å². The molecule has 0 saturated carbocycles. The van der Waals surface area contributed by atoms with Crippen molar-refractivity contribution in [3.63, 3.8) is 0 Å². The fourth-order valence-corrected chi connectivity index (χ4v) is 1.91. The zero-order valence-corrected chi connectivity index (χ0v) is 13.0. The first-order valence-electron chi connectivity index (χ1n) is 6.77. The van der Waals surface area contributed by atoms with E-state index in [2.05, 4.69) is 20.8 Å². The van der Waals surface area contributed by atoms with Gasteiger partial charge in [0.25, 0.3) is 6.48 Å². The molecule has 0 heterocycles. The molecule has 0 rings (SSSR count). The minimum atomic E-state index is -0.966. The molecule has 0 fully saturated rings. The number of hydrogen-bond donors (Lipinski definition) is 0. The molecule has 5 heteroatoms. The highest BCUT2D eigenvalue weighted by molar-refractivity contribution is 6.17. The summed E-state index contributed by atoms with van der Waals surface area (Å²) in [5, 5.41) is 0. The summed E-state index contributed by atoms with van der Waals surface area (Å²) >= 11 is 0. The van der Waals surface area contributed by atoms with Crippen LogP contribution in [0, 0.1) is 0 Å². The Morgan fingerprint density at radius 3 is 1.88 bits per heavy atom. The molecule has 104 valence electrons. The van der Waals surface area contributed by atoms with Crippen LogP contribution in [-0.2, 0) is 18.3 Å². The van der Waals surface area contributed by atoms with E-state index in [4.69, 9.17) is 18.3 Å². The molecule has 0 aliphatic rings. The van der Waals surface area contributed by atoms with Crippen molar-refractivity contribution in [1.29, 1.82) is 0 Å². The molecular weight excluding hydrogens is 236 g/mol. The van der Waals surface area contributed by atoms with Gasteiger partial charge in [-0.3, -0.25) is 0 Å². The van der Waals surface area contributed by atoms with E-state index in [9.17, 15) is 0 Å². The second-order valence-electron chi connectivity index (χ2n) is 3.93. The standard InChI is InChI=1S/C12H28O4Si/c1-4-7-10-13-12(14-11-8-5-2)16-17-15-9-6-3/h12H,4-11,17H2,1-3H3. The number of unbranched alkanes of at least 4 members (excludes halogenated alkanes) is 2. The van der Waals surface area contributed by atoms with E-state index in [-0.39, 0.29) is 0 Å². The first kappa shape index (κ1) is 17.1. The molecule has 0 spiro atoms. The Morgan fingerprint density at radius 1 is 0.824 bits per heavy atom. The molecule has 17 heavy (non-hydrogen) atoms. The van der Waals surface area contributed by atoms with Gasteiger partial charge < -0.3 is 18.3 Å². The molecular formula is C12H28O4Si. The van der Waals surface area contributed by atoms with E-state index in [1.165, 1.54) is 0 Å². The lowest BCUT2D eigenvalue weighted by molar-refractivity contribution is -0.252. The Kier molecular flexibility index (Phi) is 14.2. The van der Waals surface area contributed by atoms with Crippen LogP contribution in [0.3, 0.4) is 0 Å². The maximum Gasteiger partial charge on any atom is 0.309 e. The number of ether oxygens (including phenoxy) is 2. The number of hydrogen-bond acceptors (Lipinski definition) is 4. The maximum absolute atomic E-state index is 5.52. The molecule has 0 bridgehead atoms. The summed E-state index contributed by atoms with van der Waals surface area (Å²) in [5.74, 6) is 0. The molecule has 0 amide bonds. The second kappa shape index (κ2) is 14.1. The van der Waals surface area contributed by atoms with Crippen molar-refractivity contribution in [3.05, 3.63) is 0 Å². The van der Waals surface area contributed by atoms with E-state index >= 15 is 0 Å². The molecule has 0 saturated heterocycles. The molecule has 0 unspecified atom stereocenters. The van der Waals surface area contributed by atoms with Crippen LogP contribution in [0.2, 0.25) is 0 Å². The largest absolute Gasteiger partial charge is 0.399 e. The third-order valence-corrected chi connectivity index (χ3v) is 3.00. The van der Waals surface area contributed by atoms with Gasteiger partial charge >= 0.3 is 10.0 Å². The average Bonchev–Trinajstić information content (AvgIpc) is 2.34. The van der Waals surface area contributed by atoms with E-state index in [0.717, 1.165) is 38.7 Å². The molecule has 0 aliphatic carbocycles. The van der Waals surface area contributed by atoms with Crippen LogP contribution < -0.4 is 0 Å². The summed E-state index contributed by atoms with van der Waals surface area (Å²) in [6.45, 7) is 7.98. The normalized spacial score (nSPS) is 12.0. The minimum absolute atomic E-state index is 0.517. The van der Waals surface area contributed by atoms with Crippen LogP contribution in [0.4, 0.5) is 0 Å². The molecule has 4 nitrogen and oxygen atoms in total. The zero-order valence-electron chi connectivity index (χ0n) is 11.6. The highest BCUT2D eigenvalue weighted by Crippen LogP contribution is 2.02. The lowest BCUT2D eigenvalue weighted by atomic mass is 10.4. The topological polar surface area (TPSA) is 36.9 Å². The van der Waals surface area contributed by atoms with Gasteiger partial charge in [-0.1, -0.05) is 33.6 Å². The van der Waals surface area contributed by atoms with Gasteiger partial charge in [0.2, 0.25) is 0 Å². The zero-order chi connectivity index (χ0) is 12.8. The summed E-state index contributed by atoms with van der Waals surface area (Å²) in [6.07, 6.45) is 5.33. The molecule has 0 atom stereocenters. The van der Waals surface area contributed by atoms with E-state index in [0.29, 0.717) is 13.2 Å². The minimum Gasteiger partial charge on any atom is -0.399 e. The third kappa shape index (κ3) is 12.3.